The van der Waals surface area contributed by atoms with Crippen molar-refractivity contribution in [2.24, 2.45) is 5.92 Å². The van der Waals surface area contributed by atoms with Crippen molar-refractivity contribution in [2.45, 2.75) is 43.9 Å². The van der Waals surface area contributed by atoms with Crippen molar-refractivity contribution in [1.82, 2.24) is 4.90 Å². The second-order valence-corrected chi connectivity index (χ2v) is 6.30. The Kier molecular flexibility index (Phi) is 2.31. The molecule has 19 heavy (non-hydrogen) atoms. The Hall–Kier alpha value is -1.35. The molecular formula is C16H19NO2. The van der Waals surface area contributed by atoms with Crippen LogP contribution >= 0.6 is 0 Å². The van der Waals surface area contributed by atoms with Gasteiger partial charge in [-0.25, -0.2) is 0 Å². The van der Waals surface area contributed by atoms with Crippen LogP contribution in [0.5, 0.6) is 0 Å². The number of esters is 1. The van der Waals surface area contributed by atoms with E-state index in [0.717, 1.165) is 12.8 Å². The second-order valence-electron chi connectivity index (χ2n) is 6.30. The minimum atomic E-state index is 0.0191. The molecule has 3 aliphatic heterocycles. The van der Waals surface area contributed by atoms with Crippen molar-refractivity contribution in [1.29, 1.82) is 0 Å². The van der Waals surface area contributed by atoms with Gasteiger partial charge in [0, 0.05) is 18.4 Å². The fourth-order valence-electron chi connectivity index (χ4n) is 4.31. The van der Waals surface area contributed by atoms with E-state index in [1.165, 1.54) is 11.1 Å². The van der Waals surface area contributed by atoms with Crippen LogP contribution in [0.3, 0.4) is 0 Å². The molecule has 3 heteroatoms. The Labute approximate surface area is 113 Å². The lowest BCUT2D eigenvalue weighted by Crippen LogP contribution is -2.47. The molecule has 0 radical (unpaired) electrons. The molecule has 0 saturated carbocycles. The fourth-order valence-corrected chi connectivity index (χ4v) is 4.31. The Morgan fingerprint density at radius 1 is 1.21 bits per heavy atom. The molecule has 3 heterocycles. The van der Waals surface area contributed by atoms with E-state index in [1.807, 2.05) is 0 Å². The average molecular weight is 257 g/mol. The van der Waals surface area contributed by atoms with Gasteiger partial charge in [-0.1, -0.05) is 29.8 Å². The molecule has 1 aromatic carbocycles. The van der Waals surface area contributed by atoms with Crippen LogP contribution in [0, 0.1) is 12.8 Å². The van der Waals surface area contributed by atoms with Crippen molar-refractivity contribution in [3.63, 3.8) is 0 Å². The number of carbonyl (C=O) groups is 1. The van der Waals surface area contributed by atoms with Gasteiger partial charge in [-0.05, 0) is 26.0 Å². The minimum absolute atomic E-state index is 0.0191. The standard InChI is InChI=1S/C16H19NO2/c1-9-3-5-10(6-4-9)12-7-11-8-13-15(17(11)2)14(12)16(18)19-13/h3-6,11-15H,7-8H2,1-2H3/t11-,12+,13-,14+,15-/m1/s1. The molecule has 3 nitrogen and oxygen atoms in total. The van der Waals surface area contributed by atoms with Gasteiger partial charge >= 0.3 is 5.97 Å². The van der Waals surface area contributed by atoms with Crippen molar-refractivity contribution in [3.05, 3.63) is 35.4 Å². The van der Waals surface area contributed by atoms with Crippen LogP contribution in [0.1, 0.15) is 29.9 Å². The number of rotatable bonds is 1. The summed E-state index contributed by atoms with van der Waals surface area (Å²) in [5.41, 5.74) is 2.57. The third kappa shape index (κ3) is 1.51. The zero-order chi connectivity index (χ0) is 13.1. The van der Waals surface area contributed by atoms with Crippen LogP contribution in [0.4, 0.5) is 0 Å². The van der Waals surface area contributed by atoms with Gasteiger partial charge in [0.15, 0.2) is 0 Å². The first-order chi connectivity index (χ1) is 9.15. The smallest absolute Gasteiger partial charge is 0.311 e. The Balaban J connectivity index is 1.74. The molecule has 0 aromatic heterocycles. The van der Waals surface area contributed by atoms with Crippen LogP contribution in [-0.2, 0) is 9.53 Å². The van der Waals surface area contributed by atoms with Gasteiger partial charge in [-0.15, -0.1) is 0 Å². The molecule has 3 saturated heterocycles. The molecule has 4 rings (SSSR count). The zero-order valence-electron chi connectivity index (χ0n) is 11.4. The van der Waals surface area contributed by atoms with Gasteiger partial charge in [0.1, 0.15) is 6.10 Å². The molecule has 2 bridgehead atoms. The lowest BCUT2D eigenvalue weighted by atomic mass is 9.77. The number of likely N-dealkylation sites (N-methyl/N-ethyl adjacent to an activating group) is 1. The van der Waals surface area contributed by atoms with Gasteiger partial charge in [-0.2, -0.15) is 0 Å². The summed E-state index contributed by atoms with van der Waals surface area (Å²) in [4.78, 5) is 14.6. The highest BCUT2D eigenvalue weighted by atomic mass is 16.6. The summed E-state index contributed by atoms with van der Waals surface area (Å²) in [6.45, 7) is 2.10. The number of carbonyl (C=O) groups excluding carboxylic acids is 1. The van der Waals surface area contributed by atoms with Crippen molar-refractivity contribution < 1.29 is 9.53 Å². The number of aryl methyl sites for hydroxylation is 1. The Bertz CT molecular complexity index is 524. The molecule has 0 aliphatic carbocycles. The monoisotopic (exact) mass is 257 g/mol. The summed E-state index contributed by atoms with van der Waals surface area (Å²) < 4.78 is 5.58. The summed E-state index contributed by atoms with van der Waals surface area (Å²) in [6.07, 6.45) is 2.25. The van der Waals surface area contributed by atoms with Crippen LogP contribution in [-0.4, -0.2) is 36.1 Å². The number of hydrogen-bond acceptors (Lipinski definition) is 3. The van der Waals surface area contributed by atoms with Crippen molar-refractivity contribution >= 4 is 5.97 Å². The summed E-state index contributed by atoms with van der Waals surface area (Å²) in [5.74, 6) is 0.397. The van der Waals surface area contributed by atoms with Crippen molar-refractivity contribution in [2.75, 3.05) is 7.05 Å². The van der Waals surface area contributed by atoms with Gasteiger partial charge < -0.3 is 4.74 Å². The first kappa shape index (κ1) is 11.5. The number of fused-ring (bicyclic) bond motifs is 1. The maximum Gasteiger partial charge on any atom is 0.311 e. The normalized spacial score (nSPS) is 40.5. The minimum Gasteiger partial charge on any atom is -0.460 e. The summed E-state index contributed by atoms with van der Waals surface area (Å²) in [5, 5.41) is 0. The topological polar surface area (TPSA) is 29.5 Å². The van der Waals surface area contributed by atoms with E-state index in [2.05, 4.69) is 43.1 Å². The van der Waals surface area contributed by atoms with Crippen molar-refractivity contribution in [3.8, 4) is 0 Å². The van der Waals surface area contributed by atoms with E-state index in [9.17, 15) is 4.79 Å². The quantitative estimate of drug-likeness (QED) is 0.722. The molecule has 3 fully saturated rings. The SMILES string of the molecule is Cc1ccc([C@@H]2C[C@@H]3C[C@H]4OC(=O)[C@@H]2[C@@H]4N3C)cc1. The highest BCUT2D eigenvalue weighted by Gasteiger charge is 2.60. The fraction of sp³-hybridized carbons (Fsp3) is 0.562. The lowest BCUT2D eigenvalue weighted by Gasteiger charge is -2.39. The maximum atomic E-state index is 12.2. The first-order valence-corrected chi connectivity index (χ1v) is 7.14. The molecule has 100 valence electrons. The van der Waals surface area contributed by atoms with Crippen LogP contribution < -0.4 is 0 Å². The number of nitrogens with zero attached hydrogens (tertiary/aromatic N) is 1. The van der Waals surface area contributed by atoms with E-state index in [1.54, 1.807) is 0 Å². The van der Waals surface area contributed by atoms with Crippen LogP contribution in [0.25, 0.3) is 0 Å². The number of hydrogen-bond donors (Lipinski definition) is 0. The molecule has 0 spiro atoms. The van der Waals surface area contributed by atoms with E-state index in [4.69, 9.17) is 4.74 Å². The van der Waals surface area contributed by atoms with Crippen LogP contribution in [0.2, 0.25) is 0 Å². The van der Waals surface area contributed by atoms with Gasteiger partial charge in [0.25, 0.3) is 0 Å². The molecule has 0 N–H and O–H groups in total. The Morgan fingerprint density at radius 3 is 2.68 bits per heavy atom. The van der Waals surface area contributed by atoms with E-state index in [-0.39, 0.29) is 18.0 Å². The van der Waals surface area contributed by atoms with Gasteiger partial charge in [0.05, 0.1) is 12.0 Å². The van der Waals surface area contributed by atoms with Crippen LogP contribution in [0.15, 0.2) is 24.3 Å². The molecule has 1 aromatic rings. The third-order valence-electron chi connectivity index (χ3n) is 5.30. The highest BCUT2D eigenvalue weighted by molar-refractivity contribution is 5.78. The predicted molar refractivity (Wildman–Crippen MR) is 71.9 cm³/mol. The lowest BCUT2D eigenvalue weighted by molar-refractivity contribution is -0.146. The van der Waals surface area contributed by atoms with E-state index < -0.39 is 0 Å². The third-order valence-corrected chi connectivity index (χ3v) is 5.30. The summed E-state index contributed by atoms with van der Waals surface area (Å²) in [6, 6.07) is 9.54. The molecule has 0 amide bonds. The largest absolute Gasteiger partial charge is 0.460 e. The van der Waals surface area contributed by atoms with Gasteiger partial charge in [0.2, 0.25) is 0 Å². The second kappa shape index (κ2) is 3.83. The first-order valence-electron chi connectivity index (χ1n) is 7.14. The Morgan fingerprint density at radius 2 is 1.95 bits per heavy atom. The van der Waals surface area contributed by atoms with E-state index in [0.29, 0.717) is 18.0 Å². The summed E-state index contributed by atoms with van der Waals surface area (Å²) in [7, 11) is 2.15. The molecule has 0 unspecified atom stereocenters. The number of piperidine rings is 1. The molecule has 5 atom stereocenters. The average Bonchev–Trinajstić information content (AvgIpc) is 2.78. The highest BCUT2D eigenvalue weighted by Crippen LogP contribution is 2.51. The maximum absolute atomic E-state index is 12.2. The van der Waals surface area contributed by atoms with Gasteiger partial charge in [-0.3, -0.25) is 9.69 Å². The number of benzene rings is 1. The molecular weight excluding hydrogens is 238 g/mol. The molecule has 3 aliphatic rings. The van der Waals surface area contributed by atoms with E-state index >= 15 is 0 Å². The summed E-state index contributed by atoms with van der Waals surface area (Å²) >= 11 is 0. The number of ether oxygens (including phenoxy) is 1. The zero-order valence-corrected chi connectivity index (χ0v) is 11.4. The predicted octanol–water partition coefficient (Wildman–Crippen LogP) is 2.10.